The molecule has 0 fully saturated rings. The molecular formula is C24H26IrNO2-. The number of nitrogens with zero attached hydrogens (tertiary/aromatic N) is 1. The molecule has 1 radical (unpaired) electrons. The molecule has 0 bridgehead atoms. The predicted octanol–water partition coefficient (Wildman–Crippen LogP) is 5.94. The Hall–Kier alpha value is -2.29. The van der Waals surface area contributed by atoms with Gasteiger partial charge in [-0.2, -0.15) is 0 Å². The van der Waals surface area contributed by atoms with E-state index < -0.39 is 0 Å². The van der Waals surface area contributed by atoms with Crippen LogP contribution >= 0.6 is 0 Å². The third kappa shape index (κ3) is 7.75. The molecule has 2 aromatic carbocycles. The van der Waals surface area contributed by atoms with E-state index >= 15 is 0 Å². The normalized spacial score (nSPS) is 10.8. The van der Waals surface area contributed by atoms with E-state index in [1.807, 2.05) is 24.3 Å². The van der Waals surface area contributed by atoms with E-state index in [9.17, 15) is 4.79 Å². The fraction of sp³-hybridized carbons (Fsp3) is 0.250. The van der Waals surface area contributed by atoms with E-state index in [1.165, 1.54) is 30.9 Å². The minimum Gasteiger partial charge on any atom is -0.512 e. The summed E-state index contributed by atoms with van der Waals surface area (Å²) in [6.07, 6.45) is 2.26. The Morgan fingerprint density at radius 2 is 1.86 bits per heavy atom. The van der Waals surface area contributed by atoms with Crippen LogP contribution in [0, 0.1) is 12.0 Å². The summed E-state index contributed by atoms with van der Waals surface area (Å²) in [6.45, 7) is 7.33. The standard InChI is InChI=1S/C19H18N.C5H8O2.Ir/c1-14(2)12-15-8-9-17-10-11-18(20-19(17)13-15)16-6-4-3-5-7-16;1-4(6)3-5(2)7;/h3-6,8-11,13-14H,12H2,1-2H3;3,6H,1-2H3;/q-1;;/b;4-3-;. The van der Waals surface area contributed by atoms with Crippen LogP contribution in [0.2, 0.25) is 0 Å². The Kier molecular flexibility index (Phi) is 9.78. The van der Waals surface area contributed by atoms with Crippen molar-refractivity contribution < 1.29 is 30.0 Å². The zero-order chi connectivity index (χ0) is 19.8. The molecule has 1 N–H and O–H groups in total. The number of allylic oxidation sites excluding steroid dienone is 2. The van der Waals surface area contributed by atoms with Crippen LogP contribution in [-0.2, 0) is 31.3 Å². The summed E-state index contributed by atoms with van der Waals surface area (Å²) >= 11 is 0. The number of benzene rings is 2. The number of ketones is 1. The number of aromatic nitrogens is 1. The molecule has 1 aromatic heterocycles. The summed E-state index contributed by atoms with van der Waals surface area (Å²) in [7, 11) is 0. The molecule has 1 heterocycles. The third-order valence-corrected chi connectivity index (χ3v) is 3.80. The summed E-state index contributed by atoms with van der Waals surface area (Å²) in [6, 6.07) is 22.0. The van der Waals surface area contributed by atoms with Crippen molar-refractivity contribution in [2.24, 2.45) is 5.92 Å². The monoisotopic (exact) mass is 553 g/mol. The van der Waals surface area contributed by atoms with Crippen molar-refractivity contribution >= 4 is 16.7 Å². The third-order valence-electron chi connectivity index (χ3n) is 3.80. The molecule has 3 rings (SSSR count). The minimum atomic E-state index is -0.125. The molecule has 0 aliphatic heterocycles. The van der Waals surface area contributed by atoms with Gasteiger partial charge in [-0.15, -0.1) is 35.9 Å². The molecule has 0 saturated carbocycles. The van der Waals surface area contributed by atoms with Gasteiger partial charge in [0.25, 0.3) is 0 Å². The van der Waals surface area contributed by atoms with Gasteiger partial charge in [-0.05, 0) is 48.9 Å². The minimum absolute atomic E-state index is 0. The smallest absolute Gasteiger partial charge is 0.155 e. The van der Waals surface area contributed by atoms with E-state index in [0.29, 0.717) is 5.92 Å². The fourth-order valence-corrected chi connectivity index (χ4v) is 2.76. The molecule has 0 unspecified atom stereocenters. The summed E-state index contributed by atoms with van der Waals surface area (Å²) < 4.78 is 0. The topological polar surface area (TPSA) is 50.2 Å². The van der Waals surface area contributed by atoms with Crippen molar-refractivity contribution in [3.05, 3.63) is 78.1 Å². The molecule has 149 valence electrons. The molecule has 0 saturated heterocycles. The molecule has 28 heavy (non-hydrogen) atoms. The first-order valence-electron chi connectivity index (χ1n) is 9.09. The molecule has 4 heteroatoms. The maximum absolute atomic E-state index is 10.0. The second kappa shape index (κ2) is 11.5. The van der Waals surface area contributed by atoms with Gasteiger partial charge in [-0.1, -0.05) is 38.1 Å². The second-order valence-electron chi connectivity index (χ2n) is 6.99. The van der Waals surface area contributed by atoms with Crippen LogP contribution in [0.25, 0.3) is 22.2 Å². The second-order valence-corrected chi connectivity index (χ2v) is 6.99. The fourth-order valence-electron chi connectivity index (χ4n) is 2.76. The quantitative estimate of drug-likeness (QED) is 0.248. The number of carbonyl (C=O) groups excluding carboxylic acids is 1. The predicted molar refractivity (Wildman–Crippen MR) is 112 cm³/mol. The van der Waals surface area contributed by atoms with Crippen LogP contribution in [0.1, 0.15) is 33.3 Å². The number of carbonyl (C=O) groups is 1. The van der Waals surface area contributed by atoms with E-state index in [-0.39, 0.29) is 31.6 Å². The SMILES string of the molecule is CC(=O)/C=C(/C)O.CC(C)Cc1ccc2ccc(-c3[c-]cccc3)nc2c1.[Ir]. The van der Waals surface area contributed by atoms with Gasteiger partial charge in [0.15, 0.2) is 5.78 Å². The van der Waals surface area contributed by atoms with Gasteiger partial charge in [-0.3, -0.25) is 9.78 Å². The number of pyridine rings is 1. The zero-order valence-electron chi connectivity index (χ0n) is 16.7. The average Bonchev–Trinajstić information content (AvgIpc) is 2.61. The summed E-state index contributed by atoms with van der Waals surface area (Å²) in [4.78, 5) is 14.8. The van der Waals surface area contributed by atoms with Crippen LogP contribution in [0.3, 0.4) is 0 Å². The first kappa shape index (κ1) is 23.7. The number of hydrogen-bond acceptors (Lipinski definition) is 3. The number of aliphatic hydroxyl groups is 1. The van der Waals surface area contributed by atoms with Gasteiger partial charge >= 0.3 is 0 Å². The van der Waals surface area contributed by atoms with Gasteiger partial charge in [0.1, 0.15) is 0 Å². The van der Waals surface area contributed by atoms with Crippen molar-refractivity contribution in [1.82, 2.24) is 4.98 Å². The van der Waals surface area contributed by atoms with Crippen molar-refractivity contribution in [1.29, 1.82) is 0 Å². The largest absolute Gasteiger partial charge is 0.512 e. The Morgan fingerprint density at radius 1 is 1.14 bits per heavy atom. The average molecular weight is 553 g/mol. The Labute approximate surface area is 180 Å². The number of hydrogen-bond donors (Lipinski definition) is 1. The van der Waals surface area contributed by atoms with Crippen LogP contribution in [0.15, 0.2) is 66.4 Å². The van der Waals surface area contributed by atoms with E-state index in [2.05, 4.69) is 50.2 Å². The zero-order valence-corrected chi connectivity index (χ0v) is 19.1. The van der Waals surface area contributed by atoms with Gasteiger partial charge in [0.05, 0.1) is 11.3 Å². The Bertz CT molecular complexity index is 930. The van der Waals surface area contributed by atoms with Gasteiger partial charge < -0.3 is 5.11 Å². The number of aliphatic hydroxyl groups excluding tert-OH is 1. The maximum atomic E-state index is 10.0. The van der Waals surface area contributed by atoms with Crippen molar-refractivity contribution in [2.45, 2.75) is 34.1 Å². The molecule has 0 aliphatic carbocycles. The van der Waals surface area contributed by atoms with Crippen LogP contribution in [0.5, 0.6) is 0 Å². The summed E-state index contributed by atoms with van der Waals surface area (Å²) in [5.74, 6) is 0.602. The van der Waals surface area contributed by atoms with Crippen LogP contribution < -0.4 is 0 Å². The molecule has 3 nitrogen and oxygen atoms in total. The molecule has 3 aromatic rings. The van der Waals surface area contributed by atoms with Crippen LogP contribution in [-0.4, -0.2) is 15.9 Å². The van der Waals surface area contributed by atoms with Crippen molar-refractivity contribution in [3.63, 3.8) is 0 Å². The summed E-state index contributed by atoms with van der Waals surface area (Å²) in [5.41, 5.74) is 4.45. The van der Waals surface area contributed by atoms with Crippen LogP contribution in [0.4, 0.5) is 0 Å². The van der Waals surface area contributed by atoms with E-state index in [1.54, 1.807) is 0 Å². The van der Waals surface area contributed by atoms with Crippen molar-refractivity contribution in [3.8, 4) is 11.3 Å². The molecule has 0 amide bonds. The number of fused-ring (bicyclic) bond motifs is 1. The van der Waals surface area contributed by atoms with Gasteiger partial charge in [0, 0.05) is 26.2 Å². The van der Waals surface area contributed by atoms with E-state index in [0.717, 1.165) is 23.2 Å². The molecular weight excluding hydrogens is 526 g/mol. The van der Waals surface area contributed by atoms with Crippen molar-refractivity contribution in [2.75, 3.05) is 0 Å². The van der Waals surface area contributed by atoms with Gasteiger partial charge in [-0.25, -0.2) is 0 Å². The molecule has 0 atom stereocenters. The Morgan fingerprint density at radius 3 is 2.39 bits per heavy atom. The number of rotatable bonds is 4. The van der Waals surface area contributed by atoms with E-state index in [4.69, 9.17) is 10.1 Å². The maximum Gasteiger partial charge on any atom is 0.155 e. The molecule has 0 aliphatic rings. The molecule has 0 spiro atoms. The Balaban J connectivity index is 0.000000425. The van der Waals surface area contributed by atoms with Gasteiger partial charge in [0.2, 0.25) is 0 Å². The first-order chi connectivity index (χ1) is 12.8. The summed E-state index contributed by atoms with van der Waals surface area (Å²) in [5, 5.41) is 9.55. The first-order valence-corrected chi connectivity index (χ1v) is 9.09.